The zero-order valence-electron chi connectivity index (χ0n) is 15.1. The molecule has 7 nitrogen and oxygen atoms in total. The summed E-state index contributed by atoms with van der Waals surface area (Å²) in [6.07, 6.45) is 1.69. The second-order valence-electron chi connectivity index (χ2n) is 6.93. The lowest BCUT2D eigenvalue weighted by Gasteiger charge is -2.26. The normalized spacial score (nSPS) is 15.1. The Morgan fingerprint density at radius 1 is 1.19 bits per heavy atom. The van der Waals surface area contributed by atoms with Crippen molar-refractivity contribution in [3.8, 4) is 0 Å². The van der Waals surface area contributed by atoms with E-state index in [1.54, 1.807) is 6.33 Å². The highest BCUT2D eigenvalue weighted by Crippen LogP contribution is 2.17. The van der Waals surface area contributed by atoms with Gasteiger partial charge in [0.25, 0.3) is 5.56 Å². The summed E-state index contributed by atoms with van der Waals surface area (Å²) in [5, 5.41) is 0. The van der Waals surface area contributed by atoms with Crippen molar-refractivity contribution in [2.24, 2.45) is 0 Å². The number of nitrogens with zero attached hydrogens (tertiary/aromatic N) is 4. The van der Waals surface area contributed by atoms with Gasteiger partial charge < -0.3 is 14.2 Å². The predicted octanol–water partition coefficient (Wildman–Crippen LogP) is 2.13. The molecule has 3 heterocycles. The summed E-state index contributed by atoms with van der Waals surface area (Å²) in [4.78, 5) is 26.5. The molecule has 0 spiro atoms. The van der Waals surface area contributed by atoms with Gasteiger partial charge in [0.15, 0.2) is 11.2 Å². The van der Waals surface area contributed by atoms with E-state index in [2.05, 4.69) is 53.1 Å². The van der Waals surface area contributed by atoms with Crippen LogP contribution in [0.3, 0.4) is 0 Å². The fourth-order valence-corrected chi connectivity index (χ4v) is 3.22. The molecule has 0 unspecified atom stereocenters. The molecule has 0 bridgehead atoms. The van der Waals surface area contributed by atoms with Gasteiger partial charge in [-0.1, -0.05) is 38.1 Å². The highest BCUT2D eigenvalue weighted by Gasteiger charge is 2.17. The van der Waals surface area contributed by atoms with Crippen molar-refractivity contribution in [1.82, 2.24) is 19.5 Å². The molecular weight excluding hydrogens is 330 g/mol. The number of morpholine rings is 1. The van der Waals surface area contributed by atoms with Crippen molar-refractivity contribution < 1.29 is 4.74 Å². The van der Waals surface area contributed by atoms with E-state index in [0.717, 1.165) is 18.7 Å². The first-order valence-corrected chi connectivity index (χ1v) is 8.98. The third-order valence-corrected chi connectivity index (χ3v) is 4.78. The summed E-state index contributed by atoms with van der Waals surface area (Å²) < 4.78 is 7.21. The molecule has 3 aromatic rings. The van der Waals surface area contributed by atoms with Crippen LogP contribution in [0.2, 0.25) is 0 Å². The molecule has 1 N–H and O–H groups in total. The number of rotatable bonds is 4. The lowest BCUT2D eigenvalue weighted by molar-refractivity contribution is 0.122. The highest BCUT2D eigenvalue weighted by molar-refractivity contribution is 5.71. The molecule has 0 radical (unpaired) electrons. The maximum Gasteiger partial charge on any atom is 0.278 e. The standard InChI is InChI=1S/C19H23N5O2/c1-13(2)15-5-3-14(4-6-15)11-24-12-20-17-16(24)18(25)22-19(21-17)23-7-9-26-10-8-23/h3-6,12-13H,7-11H2,1-2H3,(H,21,22,25). The van der Waals surface area contributed by atoms with E-state index < -0.39 is 0 Å². The van der Waals surface area contributed by atoms with Crippen LogP contribution in [0.1, 0.15) is 30.9 Å². The van der Waals surface area contributed by atoms with E-state index in [1.165, 1.54) is 5.56 Å². The van der Waals surface area contributed by atoms with Gasteiger partial charge in [0.1, 0.15) is 0 Å². The summed E-state index contributed by atoms with van der Waals surface area (Å²) in [6, 6.07) is 8.48. The van der Waals surface area contributed by atoms with Crippen molar-refractivity contribution in [2.45, 2.75) is 26.3 Å². The van der Waals surface area contributed by atoms with Crippen molar-refractivity contribution in [3.63, 3.8) is 0 Å². The molecule has 1 aromatic carbocycles. The third kappa shape index (κ3) is 3.22. The van der Waals surface area contributed by atoms with Gasteiger partial charge in [-0.2, -0.15) is 4.98 Å². The number of fused-ring (bicyclic) bond motifs is 1. The zero-order valence-corrected chi connectivity index (χ0v) is 15.1. The molecule has 2 aromatic heterocycles. The van der Waals surface area contributed by atoms with Gasteiger partial charge in [-0.3, -0.25) is 9.78 Å². The molecule has 0 aliphatic carbocycles. The van der Waals surface area contributed by atoms with Crippen LogP contribution in [0, 0.1) is 0 Å². The van der Waals surface area contributed by atoms with Gasteiger partial charge >= 0.3 is 0 Å². The average molecular weight is 353 g/mol. The minimum Gasteiger partial charge on any atom is -0.378 e. The van der Waals surface area contributed by atoms with Gasteiger partial charge in [-0.05, 0) is 17.0 Å². The van der Waals surface area contributed by atoms with Crippen molar-refractivity contribution in [2.75, 3.05) is 31.2 Å². The number of aromatic nitrogens is 4. The first kappa shape index (κ1) is 16.8. The summed E-state index contributed by atoms with van der Waals surface area (Å²) in [7, 11) is 0. The maximum atomic E-state index is 12.6. The Morgan fingerprint density at radius 2 is 1.92 bits per heavy atom. The number of hydrogen-bond acceptors (Lipinski definition) is 5. The van der Waals surface area contributed by atoms with Crippen LogP contribution in [0.4, 0.5) is 5.95 Å². The number of imidazole rings is 1. The van der Waals surface area contributed by atoms with Gasteiger partial charge in [0.2, 0.25) is 5.95 Å². The van der Waals surface area contributed by atoms with Crippen LogP contribution in [0.5, 0.6) is 0 Å². The van der Waals surface area contributed by atoms with Crippen LogP contribution in [-0.2, 0) is 11.3 Å². The highest BCUT2D eigenvalue weighted by atomic mass is 16.5. The van der Waals surface area contributed by atoms with Crippen molar-refractivity contribution >= 4 is 17.1 Å². The van der Waals surface area contributed by atoms with Crippen LogP contribution in [0.25, 0.3) is 11.2 Å². The first-order valence-electron chi connectivity index (χ1n) is 8.98. The molecule has 26 heavy (non-hydrogen) atoms. The number of hydrogen-bond donors (Lipinski definition) is 1. The number of benzene rings is 1. The second kappa shape index (κ2) is 6.92. The molecule has 1 aliphatic rings. The van der Waals surface area contributed by atoms with Crippen LogP contribution >= 0.6 is 0 Å². The summed E-state index contributed by atoms with van der Waals surface area (Å²) in [5.41, 5.74) is 3.26. The minimum absolute atomic E-state index is 0.159. The molecule has 136 valence electrons. The van der Waals surface area contributed by atoms with Gasteiger partial charge in [-0.15, -0.1) is 0 Å². The summed E-state index contributed by atoms with van der Waals surface area (Å²) >= 11 is 0. The summed E-state index contributed by atoms with van der Waals surface area (Å²) in [5.74, 6) is 1.07. The largest absolute Gasteiger partial charge is 0.378 e. The van der Waals surface area contributed by atoms with Crippen molar-refractivity contribution in [1.29, 1.82) is 0 Å². The number of H-pyrrole nitrogens is 1. The number of aromatic amines is 1. The van der Waals surface area contributed by atoms with E-state index in [-0.39, 0.29) is 5.56 Å². The van der Waals surface area contributed by atoms with E-state index in [1.807, 2.05) is 9.47 Å². The third-order valence-electron chi connectivity index (χ3n) is 4.78. The van der Waals surface area contributed by atoms with Gasteiger partial charge in [0, 0.05) is 19.6 Å². The van der Waals surface area contributed by atoms with E-state index in [9.17, 15) is 4.79 Å². The molecule has 4 rings (SSSR count). The zero-order chi connectivity index (χ0) is 18.1. The molecule has 1 aliphatic heterocycles. The fraction of sp³-hybridized carbons (Fsp3) is 0.421. The predicted molar refractivity (Wildman–Crippen MR) is 101 cm³/mol. The Labute approximate surface area is 151 Å². The van der Waals surface area contributed by atoms with E-state index in [4.69, 9.17) is 4.74 Å². The maximum absolute atomic E-state index is 12.6. The molecular formula is C19H23N5O2. The molecule has 0 atom stereocenters. The molecule has 1 saturated heterocycles. The molecule has 0 amide bonds. The fourth-order valence-electron chi connectivity index (χ4n) is 3.22. The Hall–Kier alpha value is -2.67. The topological polar surface area (TPSA) is 76.0 Å². The number of anilines is 1. The smallest absolute Gasteiger partial charge is 0.278 e. The van der Waals surface area contributed by atoms with Gasteiger partial charge in [0.05, 0.1) is 19.5 Å². The monoisotopic (exact) mass is 353 g/mol. The number of ether oxygens (including phenoxy) is 1. The Morgan fingerprint density at radius 3 is 2.62 bits per heavy atom. The van der Waals surface area contributed by atoms with Gasteiger partial charge in [-0.25, -0.2) is 4.98 Å². The minimum atomic E-state index is -0.159. The average Bonchev–Trinajstić information content (AvgIpc) is 3.06. The van der Waals surface area contributed by atoms with Crippen LogP contribution in [0.15, 0.2) is 35.4 Å². The Bertz CT molecular complexity index is 952. The lowest BCUT2D eigenvalue weighted by atomic mass is 10.0. The summed E-state index contributed by atoms with van der Waals surface area (Å²) in [6.45, 7) is 7.67. The number of nitrogens with one attached hydrogen (secondary N) is 1. The van der Waals surface area contributed by atoms with E-state index in [0.29, 0.717) is 42.8 Å². The molecule has 7 heteroatoms. The second-order valence-corrected chi connectivity index (χ2v) is 6.93. The SMILES string of the molecule is CC(C)c1ccc(Cn2cnc3nc(N4CCOCC4)[nH]c(=O)c32)cc1. The van der Waals surface area contributed by atoms with Crippen LogP contribution in [-0.4, -0.2) is 45.8 Å². The quantitative estimate of drug-likeness (QED) is 0.778. The Balaban J connectivity index is 1.63. The molecule has 1 fully saturated rings. The first-order chi connectivity index (χ1) is 12.6. The van der Waals surface area contributed by atoms with E-state index >= 15 is 0 Å². The van der Waals surface area contributed by atoms with Crippen molar-refractivity contribution in [3.05, 3.63) is 52.1 Å². The van der Waals surface area contributed by atoms with Crippen LogP contribution < -0.4 is 10.5 Å². The lowest BCUT2D eigenvalue weighted by Crippen LogP contribution is -2.38. The Kier molecular flexibility index (Phi) is 4.46. The molecule has 0 saturated carbocycles.